The molecule has 0 spiro atoms. The Labute approximate surface area is 101 Å². The first-order valence-corrected chi connectivity index (χ1v) is 7.51. The van der Waals surface area contributed by atoms with Gasteiger partial charge in [-0.3, -0.25) is 0 Å². The maximum Gasteiger partial charge on any atom is 0.209 e. The van der Waals surface area contributed by atoms with E-state index in [2.05, 4.69) is 4.72 Å². The van der Waals surface area contributed by atoms with Crippen molar-refractivity contribution in [3.8, 4) is 0 Å². The summed E-state index contributed by atoms with van der Waals surface area (Å²) in [6.07, 6.45) is 4.36. The zero-order chi connectivity index (χ0) is 12.5. The molecule has 0 atom stereocenters. The molecule has 0 heterocycles. The van der Waals surface area contributed by atoms with E-state index in [1.807, 2.05) is 6.07 Å². The molecular weight excluding hydrogens is 241 g/mol. The van der Waals surface area contributed by atoms with Crippen LogP contribution in [0.3, 0.4) is 0 Å². The van der Waals surface area contributed by atoms with Crippen molar-refractivity contribution in [1.82, 2.24) is 4.72 Å². The maximum absolute atomic E-state index is 13.1. The van der Waals surface area contributed by atoms with Crippen molar-refractivity contribution in [3.05, 3.63) is 35.6 Å². The van der Waals surface area contributed by atoms with E-state index < -0.39 is 15.6 Å². The van der Waals surface area contributed by atoms with Crippen LogP contribution in [0, 0.1) is 5.82 Å². The Kier molecular flexibility index (Phi) is 3.23. The zero-order valence-electron chi connectivity index (χ0n) is 9.74. The average molecular weight is 257 g/mol. The van der Waals surface area contributed by atoms with Crippen LogP contribution in [0.4, 0.5) is 4.39 Å². The Balaban J connectivity index is 2.15. The van der Waals surface area contributed by atoms with Crippen molar-refractivity contribution < 1.29 is 12.8 Å². The fraction of sp³-hybridized carbons (Fsp3) is 0.500. The first-order valence-electron chi connectivity index (χ1n) is 5.62. The van der Waals surface area contributed by atoms with Gasteiger partial charge in [0.1, 0.15) is 5.82 Å². The molecule has 0 radical (unpaired) electrons. The second-order valence-corrected chi connectivity index (χ2v) is 6.56. The summed E-state index contributed by atoms with van der Waals surface area (Å²) in [4.78, 5) is 0. The molecule has 2 rings (SSSR count). The third kappa shape index (κ3) is 3.26. The molecule has 1 aromatic rings. The molecule has 0 unspecified atom stereocenters. The molecule has 0 bridgehead atoms. The topological polar surface area (TPSA) is 46.2 Å². The number of rotatable bonds is 4. The summed E-state index contributed by atoms with van der Waals surface area (Å²) in [7, 11) is -3.22. The molecule has 1 aliphatic carbocycles. The summed E-state index contributed by atoms with van der Waals surface area (Å²) in [5.74, 6) is -0.281. The molecule has 1 fully saturated rings. The fourth-order valence-corrected chi connectivity index (χ4v) is 3.41. The highest BCUT2D eigenvalue weighted by atomic mass is 32.2. The fourth-order valence-electron chi connectivity index (χ4n) is 2.35. The van der Waals surface area contributed by atoms with Gasteiger partial charge in [0.25, 0.3) is 0 Å². The van der Waals surface area contributed by atoms with Crippen LogP contribution in [-0.2, 0) is 16.4 Å². The van der Waals surface area contributed by atoms with Crippen LogP contribution in [0.5, 0.6) is 0 Å². The normalized spacial score (nSPS) is 18.7. The first-order chi connectivity index (χ1) is 7.89. The third-order valence-electron chi connectivity index (χ3n) is 3.14. The van der Waals surface area contributed by atoms with Crippen molar-refractivity contribution >= 4 is 10.0 Å². The smallest absolute Gasteiger partial charge is 0.209 e. The molecule has 1 saturated carbocycles. The van der Waals surface area contributed by atoms with Crippen LogP contribution in [-0.4, -0.2) is 20.2 Å². The van der Waals surface area contributed by atoms with E-state index in [1.54, 1.807) is 6.07 Å². The van der Waals surface area contributed by atoms with Gasteiger partial charge in [0.2, 0.25) is 10.0 Å². The summed E-state index contributed by atoms with van der Waals surface area (Å²) in [5.41, 5.74) is 0.433. The highest BCUT2D eigenvalue weighted by molar-refractivity contribution is 7.88. The molecule has 0 aliphatic heterocycles. The van der Waals surface area contributed by atoms with Gasteiger partial charge in [-0.2, -0.15) is 0 Å². The van der Waals surface area contributed by atoms with Crippen LogP contribution in [0.25, 0.3) is 0 Å². The Morgan fingerprint density at radius 2 is 2.12 bits per heavy atom. The van der Waals surface area contributed by atoms with E-state index in [0.717, 1.165) is 24.8 Å². The second kappa shape index (κ2) is 4.38. The highest BCUT2D eigenvalue weighted by Gasteiger charge is 2.39. The minimum atomic E-state index is -3.22. The lowest BCUT2D eigenvalue weighted by Crippen LogP contribution is -2.54. The lowest BCUT2D eigenvalue weighted by Gasteiger charge is -2.42. The lowest BCUT2D eigenvalue weighted by atomic mass is 9.74. The predicted octanol–water partition coefficient (Wildman–Crippen LogP) is 1.84. The van der Waals surface area contributed by atoms with Gasteiger partial charge in [0, 0.05) is 5.54 Å². The van der Waals surface area contributed by atoms with E-state index in [4.69, 9.17) is 0 Å². The highest BCUT2D eigenvalue weighted by Crippen LogP contribution is 2.35. The van der Waals surface area contributed by atoms with E-state index in [-0.39, 0.29) is 5.82 Å². The van der Waals surface area contributed by atoms with Crippen LogP contribution in [0.15, 0.2) is 24.3 Å². The molecule has 0 saturated heterocycles. The Morgan fingerprint density at radius 1 is 1.41 bits per heavy atom. The van der Waals surface area contributed by atoms with Crippen molar-refractivity contribution in [3.63, 3.8) is 0 Å². The van der Waals surface area contributed by atoms with Gasteiger partial charge in [0.05, 0.1) is 6.26 Å². The van der Waals surface area contributed by atoms with E-state index >= 15 is 0 Å². The number of nitrogens with one attached hydrogen (secondary N) is 1. The zero-order valence-corrected chi connectivity index (χ0v) is 10.6. The van der Waals surface area contributed by atoms with E-state index in [0.29, 0.717) is 6.42 Å². The quantitative estimate of drug-likeness (QED) is 0.894. The van der Waals surface area contributed by atoms with Gasteiger partial charge in [0.15, 0.2) is 0 Å². The number of halogens is 1. The summed E-state index contributed by atoms with van der Waals surface area (Å²) in [6.45, 7) is 0. The average Bonchev–Trinajstić information content (AvgIpc) is 2.12. The van der Waals surface area contributed by atoms with Crippen molar-refractivity contribution in [2.24, 2.45) is 0 Å². The summed E-state index contributed by atoms with van der Waals surface area (Å²) in [6, 6.07) is 6.33. The Bertz CT molecular complexity index is 509. The van der Waals surface area contributed by atoms with Gasteiger partial charge < -0.3 is 0 Å². The monoisotopic (exact) mass is 257 g/mol. The minimum absolute atomic E-state index is 0.281. The van der Waals surface area contributed by atoms with Crippen LogP contribution >= 0.6 is 0 Å². The molecule has 1 aliphatic rings. The SMILES string of the molecule is CS(=O)(=O)NC1(Cc2cccc(F)c2)CCC1. The molecule has 94 valence electrons. The molecule has 0 aromatic heterocycles. The van der Waals surface area contributed by atoms with Crippen LogP contribution in [0.2, 0.25) is 0 Å². The largest absolute Gasteiger partial charge is 0.213 e. The lowest BCUT2D eigenvalue weighted by molar-refractivity contribution is 0.220. The minimum Gasteiger partial charge on any atom is -0.213 e. The van der Waals surface area contributed by atoms with Gasteiger partial charge in [-0.1, -0.05) is 12.1 Å². The number of sulfonamides is 1. The van der Waals surface area contributed by atoms with Gasteiger partial charge in [-0.25, -0.2) is 17.5 Å². The number of hydrogen-bond donors (Lipinski definition) is 1. The van der Waals surface area contributed by atoms with E-state index in [9.17, 15) is 12.8 Å². The second-order valence-electron chi connectivity index (χ2n) is 4.81. The third-order valence-corrected chi connectivity index (χ3v) is 3.95. The molecule has 1 N–H and O–H groups in total. The van der Waals surface area contributed by atoms with Crippen molar-refractivity contribution in [1.29, 1.82) is 0 Å². The number of hydrogen-bond acceptors (Lipinski definition) is 2. The maximum atomic E-state index is 13.1. The standard InChI is InChI=1S/C12H16FNO2S/c1-17(15,16)14-12(6-3-7-12)9-10-4-2-5-11(13)8-10/h2,4-5,8,14H,3,6-7,9H2,1H3. The first kappa shape index (κ1) is 12.5. The van der Waals surface area contributed by atoms with Crippen LogP contribution < -0.4 is 4.72 Å². The Morgan fingerprint density at radius 3 is 2.59 bits per heavy atom. The summed E-state index contributed by atoms with van der Waals surface area (Å²) < 4.78 is 38.4. The van der Waals surface area contributed by atoms with Crippen molar-refractivity contribution in [2.45, 2.75) is 31.2 Å². The predicted molar refractivity (Wildman–Crippen MR) is 64.7 cm³/mol. The van der Waals surface area contributed by atoms with Gasteiger partial charge in [-0.05, 0) is 43.4 Å². The number of benzene rings is 1. The van der Waals surface area contributed by atoms with Crippen LogP contribution in [0.1, 0.15) is 24.8 Å². The summed E-state index contributed by atoms with van der Waals surface area (Å²) in [5, 5.41) is 0. The molecule has 17 heavy (non-hydrogen) atoms. The molecule has 0 amide bonds. The molecule has 3 nitrogen and oxygen atoms in total. The van der Waals surface area contributed by atoms with Crippen molar-refractivity contribution in [2.75, 3.05) is 6.26 Å². The Hall–Kier alpha value is -0.940. The van der Waals surface area contributed by atoms with Gasteiger partial charge in [-0.15, -0.1) is 0 Å². The molecule has 5 heteroatoms. The molecular formula is C12H16FNO2S. The van der Waals surface area contributed by atoms with E-state index in [1.165, 1.54) is 18.4 Å². The molecule has 1 aromatic carbocycles. The summed E-state index contributed by atoms with van der Waals surface area (Å²) >= 11 is 0. The van der Waals surface area contributed by atoms with Gasteiger partial charge >= 0.3 is 0 Å².